The summed E-state index contributed by atoms with van der Waals surface area (Å²) in [4.78, 5) is 29.2. The first-order valence-corrected chi connectivity index (χ1v) is 14.7. The number of aromatic nitrogens is 1. The van der Waals surface area contributed by atoms with Gasteiger partial charge in [0.05, 0.1) is 26.4 Å². The maximum absolute atomic E-state index is 12.6. The molecule has 2 aromatic heterocycles. The number of nitrogens with zero attached hydrogens (tertiary/aromatic N) is 1. The number of hydrogen-bond acceptors (Lipinski definition) is 10. The van der Waals surface area contributed by atoms with Crippen LogP contribution in [0.3, 0.4) is 0 Å². The number of benzene rings is 1. The van der Waals surface area contributed by atoms with Crippen molar-refractivity contribution in [3.63, 3.8) is 0 Å². The minimum absolute atomic E-state index is 0.0450. The molecule has 2 aliphatic rings. The van der Waals surface area contributed by atoms with Crippen LogP contribution in [0.5, 0.6) is 0 Å². The van der Waals surface area contributed by atoms with Crippen LogP contribution < -0.4 is 10.0 Å². The average molecular weight is 596 g/mol. The van der Waals surface area contributed by atoms with E-state index in [9.17, 15) is 18.0 Å². The number of furan rings is 1. The maximum atomic E-state index is 12.6. The fourth-order valence-electron chi connectivity index (χ4n) is 5.27. The molecule has 216 valence electrons. The number of carbonyl (C=O) groups excluding carboxylic acids is 2. The first-order chi connectivity index (χ1) is 19.2. The molecule has 2 heterocycles. The molecule has 3 aromatic rings. The molecule has 2 N–H and O–H groups in total. The van der Waals surface area contributed by atoms with Crippen LogP contribution in [0.25, 0.3) is 11.1 Å². The Bertz CT molecular complexity index is 1470. The molecular formula is C26H30ClN3O9S. The van der Waals surface area contributed by atoms with Crippen LogP contribution in [0, 0.1) is 5.41 Å². The summed E-state index contributed by atoms with van der Waals surface area (Å²) in [5.74, 6) is -0.605. The van der Waals surface area contributed by atoms with Crippen molar-refractivity contribution in [3.8, 4) is 0 Å². The number of carbonyl (C=O) groups is 2. The molecule has 2 fully saturated rings. The number of sulfonamides is 1. The Morgan fingerprint density at radius 3 is 2.58 bits per heavy atom. The van der Waals surface area contributed by atoms with E-state index in [1.54, 1.807) is 19.2 Å². The summed E-state index contributed by atoms with van der Waals surface area (Å²) in [6.45, 7) is 0.678. The number of methoxy groups -OCH3 is 1. The number of ether oxygens (including phenoxy) is 3. The Balaban J connectivity index is 1.04. The zero-order valence-corrected chi connectivity index (χ0v) is 23.4. The number of rotatable bonds is 13. The first-order valence-electron chi connectivity index (χ1n) is 12.8. The molecule has 1 aromatic carbocycles. The van der Waals surface area contributed by atoms with Crippen molar-refractivity contribution in [2.75, 3.05) is 40.1 Å². The van der Waals surface area contributed by atoms with E-state index in [2.05, 4.69) is 10.3 Å². The van der Waals surface area contributed by atoms with E-state index in [1.807, 2.05) is 10.8 Å². The van der Waals surface area contributed by atoms with Crippen molar-refractivity contribution in [1.82, 2.24) is 15.0 Å². The zero-order valence-electron chi connectivity index (χ0n) is 21.8. The van der Waals surface area contributed by atoms with E-state index in [0.717, 1.165) is 37.3 Å². The summed E-state index contributed by atoms with van der Waals surface area (Å²) in [5.41, 5.74) is 1.60. The van der Waals surface area contributed by atoms with E-state index in [1.165, 1.54) is 6.07 Å². The fourth-order valence-corrected chi connectivity index (χ4v) is 6.35. The van der Waals surface area contributed by atoms with Gasteiger partial charge in [0, 0.05) is 24.1 Å². The van der Waals surface area contributed by atoms with Gasteiger partial charge < -0.3 is 28.4 Å². The van der Waals surface area contributed by atoms with Crippen molar-refractivity contribution >= 4 is 44.5 Å². The summed E-state index contributed by atoms with van der Waals surface area (Å²) in [6.07, 6.45) is 3.46. The van der Waals surface area contributed by atoms with Gasteiger partial charge in [-0.3, -0.25) is 9.59 Å². The van der Waals surface area contributed by atoms with Crippen LogP contribution in [0.4, 0.5) is 0 Å². The summed E-state index contributed by atoms with van der Waals surface area (Å²) in [5, 5.41) is 2.96. The molecule has 0 unspecified atom stereocenters. The van der Waals surface area contributed by atoms with Crippen LogP contribution >= 0.6 is 11.6 Å². The molecule has 12 nitrogen and oxygen atoms in total. The SMILES string of the molecule is COCCOCCOCC(=O)NS(=O)(=O)c1ccc(C(=O)N[C@H]2CC3(C2)C[C@H](c2nc4cc(Cl)ccc4o2)C3)o1. The van der Waals surface area contributed by atoms with Gasteiger partial charge >= 0.3 is 0 Å². The Hall–Kier alpha value is -2.97. The lowest BCUT2D eigenvalue weighted by atomic mass is 9.50. The van der Waals surface area contributed by atoms with Gasteiger partial charge in [0.1, 0.15) is 12.1 Å². The molecule has 0 aliphatic heterocycles. The third-order valence-electron chi connectivity index (χ3n) is 7.12. The molecular weight excluding hydrogens is 566 g/mol. The van der Waals surface area contributed by atoms with Gasteiger partial charge in [-0.1, -0.05) is 11.6 Å². The van der Waals surface area contributed by atoms with Crippen molar-refractivity contribution in [1.29, 1.82) is 0 Å². The fraction of sp³-hybridized carbons (Fsp3) is 0.500. The van der Waals surface area contributed by atoms with Crippen molar-refractivity contribution in [2.24, 2.45) is 5.41 Å². The van der Waals surface area contributed by atoms with Crippen LogP contribution in [-0.4, -0.2) is 71.4 Å². The Morgan fingerprint density at radius 1 is 1.05 bits per heavy atom. The van der Waals surface area contributed by atoms with E-state index in [-0.39, 0.29) is 36.3 Å². The minimum atomic E-state index is -4.30. The van der Waals surface area contributed by atoms with Crippen molar-refractivity contribution < 1.29 is 41.1 Å². The topological polar surface area (TPSA) is 159 Å². The molecule has 5 rings (SSSR count). The molecule has 2 saturated carbocycles. The van der Waals surface area contributed by atoms with Crippen LogP contribution in [0.15, 0.2) is 44.3 Å². The van der Waals surface area contributed by atoms with Gasteiger partial charge in [-0.05, 0) is 61.4 Å². The zero-order chi connectivity index (χ0) is 28.3. The minimum Gasteiger partial charge on any atom is -0.440 e. The smallest absolute Gasteiger partial charge is 0.297 e. The number of nitrogens with one attached hydrogen (secondary N) is 2. The highest BCUT2D eigenvalue weighted by atomic mass is 35.5. The van der Waals surface area contributed by atoms with Crippen molar-refractivity contribution in [2.45, 2.75) is 42.7 Å². The standard InChI is InChI=1S/C26H30ClN3O9S/c1-35-6-7-36-8-9-37-15-22(31)30-40(33,34)23-5-4-21(38-23)24(32)28-18-13-26(14-18)11-16(12-26)25-29-19-10-17(27)2-3-20(19)39-25/h2-5,10,16,18H,6-9,11-15H2,1H3,(H,28,32)(H,30,31)/t16-,18-,26?. The summed E-state index contributed by atoms with van der Waals surface area (Å²) in [7, 11) is -2.75. The monoisotopic (exact) mass is 595 g/mol. The van der Waals surface area contributed by atoms with Crippen LogP contribution in [0.1, 0.15) is 48.0 Å². The number of halogens is 1. The molecule has 40 heavy (non-hydrogen) atoms. The summed E-state index contributed by atoms with van der Waals surface area (Å²) < 4.78 is 53.0. The maximum Gasteiger partial charge on any atom is 0.297 e. The van der Waals surface area contributed by atoms with Gasteiger partial charge in [0.25, 0.3) is 21.8 Å². The number of oxazole rings is 1. The van der Waals surface area contributed by atoms with Crippen LogP contribution in [-0.2, 0) is 29.0 Å². The van der Waals surface area contributed by atoms with Gasteiger partial charge in [-0.15, -0.1) is 0 Å². The summed E-state index contributed by atoms with van der Waals surface area (Å²) >= 11 is 6.03. The van der Waals surface area contributed by atoms with Gasteiger partial charge in [-0.25, -0.2) is 9.71 Å². The second kappa shape index (κ2) is 11.9. The second-order valence-electron chi connectivity index (χ2n) is 10.2. The lowest BCUT2D eigenvalue weighted by Crippen LogP contribution is -2.55. The third-order valence-corrected chi connectivity index (χ3v) is 8.60. The van der Waals surface area contributed by atoms with Crippen molar-refractivity contribution in [3.05, 3.63) is 47.0 Å². The Labute approximate surface area is 235 Å². The normalized spacial score (nSPS) is 22.1. The quantitative estimate of drug-likeness (QED) is 0.281. The third kappa shape index (κ3) is 6.50. The Kier molecular flexibility index (Phi) is 8.47. The summed E-state index contributed by atoms with van der Waals surface area (Å²) in [6, 6.07) is 7.71. The molecule has 2 amide bonds. The highest BCUT2D eigenvalue weighted by Gasteiger charge is 2.54. The number of fused-ring (bicyclic) bond motifs is 1. The van der Waals surface area contributed by atoms with E-state index < -0.39 is 33.5 Å². The van der Waals surface area contributed by atoms with E-state index in [4.69, 9.17) is 34.6 Å². The van der Waals surface area contributed by atoms with Gasteiger partial charge in [-0.2, -0.15) is 8.42 Å². The average Bonchev–Trinajstić information content (AvgIpc) is 3.51. The number of hydrogen-bond donors (Lipinski definition) is 2. The Morgan fingerprint density at radius 2 is 1.80 bits per heavy atom. The molecule has 0 atom stereocenters. The predicted octanol–water partition coefficient (Wildman–Crippen LogP) is 3.01. The highest BCUT2D eigenvalue weighted by molar-refractivity contribution is 7.89. The molecule has 2 aliphatic carbocycles. The highest BCUT2D eigenvalue weighted by Crippen LogP contribution is 2.61. The van der Waals surface area contributed by atoms with Crippen LogP contribution in [0.2, 0.25) is 5.02 Å². The van der Waals surface area contributed by atoms with Gasteiger partial charge in [0.15, 0.2) is 17.2 Å². The number of amides is 2. The molecule has 0 saturated heterocycles. The van der Waals surface area contributed by atoms with E-state index >= 15 is 0 Å². The molecule has 0 radical (unpaired) electrons. The molecule has 1 spiro atoms. The lowest BCUT2D eigenvalue weighted by Gasteiger charge is -2.57. The predicted molar refractivity (Wildman–Crippen MR) is 141 cm³/mol. The molecule has 0 bridgehead atoms. The largest absolute Gasteiger partial charge is 0.440 e. The second-order valence-corrected chi connectivity index (χ2v) is 12.2. The van der Waals surface area contributed by atoms with Gasteiger partial charge in [0.2, 0.25) is 5.09 Å². The molecule has 14 heteroatoms. The van der Waals surface area contributed by atoms with E-state index in [0.29, 0.717) is 29.7 Å². The first kappa shape index (κ1) is 28.6. The lowest BCUT2D eigenvalue weighted by molar-refractivity contribution is -0.124.